The van der Waals surface area contributed by atoms with E-state index in [0.717, 1.165) is 36.0 Å². The van der Waals surface area contributed by atoms with Crippen LogP contribution in [0.3, 0.4) is 0 Å². The minimum absolute atomic E-state index is 0.0204. The number of fused-ring (bicyclic) bond motifs is 2. The summed E-state index contributed by atoms with van der Waals surface area (Å²) in [6, 6.07) is 0. The smallest absolute Gasteiger partial charge is 0.0599 e. The van der Waals surface area contributed by atoms with Crippen LogP contribution in [0.2, 0.25) is 0 Å². The third-order valence-electron chi connectivity index (χ3n) is 8.52. The van der Waals surface area contributed by atoms with Crippen molar-refractivity contribution in [3.8, 4) is 0 Å². The molecule has 0 aromatic heterocycles. The predicted molar refractivity (Wildman–Crippen MR) is 84.8 cm³/mol. The average molecular weight is 288 g/mol. The van der Waals surface area contributed by atoms with Crippen LogP contribution in [0.1, 0.15) is 77.6 Å². The van der Waals surface area contributed by atoms with Crippen molar-refractivity contribution in [3.63, 3.8) is 0 Å². The van der Waals surface area contributed by atoms with Crippen LogP contribution < -0.4 is 0 Å². The highest BCUT2D eigenvalue weighted by atomic mass is 16.3. The van der Waals surface area contributed by atoms with Crippen LogP contribution in [0, 0.1) is 40.4 Å². The first kappa shape index (κ1) is 13.4. The molecule has 0 aromatic rings. The van der Waals surface area contributed by atoms with Crippen molar-refractivity contribution in [2.45, 2.75) is 83.7 Å². The topological polar surface area (TPSA) is 20.2 Å². The van der Waals surface area contributed by atoms with Crippen LogP contribution >= 0.6 is 0 Å². The maximum Gasteiger partial charge on any atom is 0.0599 e. The zero-order chi connectivity index (χ0) is 14.2. The van der Waals surface area contributed by atoms with Crippen LogP contribution in [0.5, 0.6) is 0 Å². The van der Waals surface area contributed by atoms with Gasteiger partial charge in [0, 0.05) is 0 Å². The van der Waals surface area contributed by atoms with Gasteiger partial charge in [-0.2, -0.15) is 0 Å². The molecule has 0 aromatic carbocycles. The van der Waals surface area contributed by atoms with Crippen molar-refractivity contribution in [2.75, 3.05) is 0 Å². The highest BCUT2D eigenvalue weighted by molar-refractivity contribution is 5.09. The lowest BCUT2D eigenvalue weighted by Crippen LogP contribution is -2.55. The minimum atomic E-state index is 0.0204. The van der Waals surface area contributed by atoms with E-state index in [2.05, 4.69) is 6.92 Å². The molecule has 6 aliphatic carbocycles. The molecule has 6 fully saturated rings. The quantitative estimate of drug-likeness (QED) is 0.792. The first-order valence-corrected chi connectivity index (χ1v) is 9.72. The van der Waals surface area contributed by atoms with Crippen molar-refractivity contribution in [3.05, 3.63) is 0 Å². The van der Waals surface area contributed by atoms with Gasteiger partial charge in [-0.3, -0.25) is 0 Å². The normalized spacial score (nSPS) is 58.9. The Morgan fingerprint density at radius 3 is 2.29 bits per heavy atom. The Morgan fingerprint density at radius 1 is 0.952 bits per heavy atom. The molecule has 0 saturated heterocycles. The summed E-state index contributed by atoms with van der Waals surface area (Å²) in [6.07, 6.45) is 15.6. The molecule has 0 heterocycles. The SMILES string of the molecule is CC12CC3CC(C1)CC(C(O)CC1CC4CCC1C4)(C3)C2. The van der Waals surface area contributed by atoms with E-state index in [1.807, 2.05) is 0 Å². The van der Waals surface area contributed by atoms with E-state index >= 15 is 0 Å². The molecule has 6 bridgehead atoms. The van der Waals surface area contributed by atoms with Crippen LogP contribution in [-0.4, -0.2) is 11.2 Å². The summed E-state index contributed by atoms with van der Waals surface area (Å²) >= 11 is 0. The molecule has 21 heavy (non-hydrogen) atoms. The maximum atomic E-state index is 11.2. The molecule has 6 aliphatic rings. The van der Waals surface area contributed by atoms with Gasteiger partial charge in [-0.15, -0.1) is 0 Å². The van der Waals surface area contributed by atoms with Gasteiger partial charge in [-0.05, 0) is 105 Å². The molecule has 1 N–H and O–H groups in total. The second-order valence-electron chi connectivity index (χ2n) is 10.3. The Morgan fingerprint density at radius 2 is 1.71 bits per heavy atom. The molecule has 6 unspecified atom stereocenters. The monoisotopic (exact) mass is 288 g/mol. The third kappa shape index (κ3) is 1.98. The van der Waals surface area contributed by atoms with Crippen molar-refractivity contribution < 1.29 is 5.11 Å². The molecular formula is C20H32O. The zero-order valence-corrected chi connectivity index (χ0v) is 13.7. The fourth-order valence-electron chi connectivity index (χ4n) is 8.39. The van der Waals surface area contributed by atoms with E-state index in [1.165, 1.54) is 64.2 Å². The Hall–Kier alpha value is -0.0400. The third-order valence-corrected chi connectivity index (χ3v) is 8.52. The molecule has 0 spiro atoms. The standard InChI is InChI=1S/C20H32O/c1-19-8-14-4-15(9-19)11-20(10-14,12-19)18(21)7-17-6-13-2-3-16(17)5-13/h13-18,21H,2-12H2,1H3. The number of hydrogen-bond donors (Lipinski definition) is 1. The maximum absolute atomic E-state index is 11.2. The van der Waals surface area contributed by atoms with Gasteiger partial charge in [0.15, 0.2) is 0 Å². The minimum Gasteiger partial charge on any atom is -0.393 e. The van der Waals surface area contributed by atoms with Gasteiger partial charge in [0.25, 0.3) is 0 Å². The fourth-order valence-corrected chi connectivity index (χ4v) is 8.39. The van der Waals surface area contributed by atoms with Gasteiger partial charge in [-0.25, -0.2) is 0 Å². The van der Waals surface area contributed by atoms with Gasteiger partial charge in [0.1, 0.15) is 0 Å². The van der Waals surface area contributed by atoms with Crippen molar-refractivity contribution in [1.29, 1.82) is 0 Å². The fraction of sp³-hybridized carbons (Fsp3) is 1.00. The molecule has 0 aliphatic heterocycles. The second-order valence-corrected chi connectivity index (χ2v) is 10.3. The van der Waals surface area contributed by atoms with E-state index < -0.39 is 0 Å². The molecule has 0 radical (unpaired) electrons. The van der Waals surface area contributed by atoms with Crippen LogP contribution in [0.25, 0.3) is 0 Å². The van der Waals surface area contributed by atoms with Gasteiger partial charge in [-0.1, -0.05) is 13.3 Å². The summed E-state index contributed by atoms with van der Waals surface area (Å²) < 4.78 is 0. The molecule has 6 rings (SSSR count). The molecule has 1 nitrogen and oxygen atoms in total. The van der Waals surface area contributed by atoms with E-state index in [9.17, 15) is 5.11 Å². The van der Waals surface area contributed by atoms with Crippen LogP contribution in [0.15, 0.2) is 0 Å². The zero-order valence-electron chi connectivity index (χ0n) is 13.7. The van der Waals surface area contributed by atoms with Crippen molar-refractivity contribution in [2.24, 2.45) is 40.4 Å². The molecule has 0 amide bonds. The lowest BCUT2D eigenvalue weighted by atomic mass is 9.43. The van der Waals surface area contributed by atoms with E-state index in [4.69, 9.17) is 0 Å². The van der Waals surface area contributed by atoms with Crippen LogP contribution in [0.4, 0.5) is 0 Å². The van der Waals surface area contributed by atoms with Crippen LogP contribution in [-0.2, 0) is 0 Å². The summed E-state index contributed by atoms with van der Waals surface area (Å²) in [5.41, 5.74) is 0.917. The molecular weight excluding hydrogens is 256 g/mol. The number of aliphatic hydroxyl groups excluding tert-OH is 1. The Labute approximate surface area is 129 Å². The van der Waals surface area contributed by atoms with Crippen molar-refractivity contribution >= 4 is 0 Å². The Balaban J connectivity index is 1.34. The number of hydrogen-bond acceptors (Lipinski definition) is 1. The van der Waals surface area contributed by atoms with Gasteiger partial charge in [0.05, 0.1) is 6.10 Å². The Bertz CT molecular complexity index is 427. The molecule has 6 atom stereocenters. The first-order chi connectivity index (χ1) is 10.0. The summed E-state index contributed by atoms with van der Waals surface area (Å²) in [6.45, 7) is 2.53. The number of rotatable bonds is 3. The summed E-state index contributed by atoms with van der Waals surface area (Å²) in [7, 11) is 0. The van der Waals surface area contributed by atoms with E-state index in [0.29, 0.717) is 10.8 Å². The summed E-state index contributed by atoms with van der Waals surface area (Å²) in [5, 5.41) is 11.2. The van der Waals surface area contributed by atoms with E-state index in [-0.39, 0.29) is 6.10 Å². The van der Waals surface area contributed by atoms with E-state index in [1.54, 1.807) is 0 Å². The summed E-state index contributed by atoms with van der Waals surface area (Å²) in [4.78, 5) is 0. The second kappa shape index (κ2) is 4.28. The predicted octanol–water partition coefficient (Wildman–Crippen LogP) is 4.78. The lowest BCUT2D eigenvalue weighted by molar-refractivity contribution is -0.158. The largest absolute Gasteiger partial charge is 0.393 e. The first-order valence-electron chi connectivity index (χ1n) is 9.72. The highest BCUT2D eigenvalue weighted by Gasteiger charge is 2.58. The highest BCUT2D eigenvalue weighted by Crippen LogP contribution is 2.67. The molecule has 1 heteroatoms. The molecule has 118 valence electrons. The summed E-state index contributed by atoms with van der Waals surface area (Å²) in [5.74, 6) is 4.78. The van der Waals surface area contributed by atoms with Gasteiger partial charge >= 0.3 is 0 Å². The van der Waals surface area contributed by atoms with Gasteiger partial charge in [0.2, 0.25) is 0 Å². The van der Waals surface area contributed by atoms with Crippen molar-refractivity contribution in [1.82, 2.24) is 0 Å². The molecule has 6 saturated carbocycles. The average Bonchev–Trinajstić information content (AvgIpc) is 2.97. The van der Waals surface area contributed by atoms with Gasteiger partial charge < -0.3 is 5.11 Å². The Kier molecular flexibility index (Phi) is 2.73. The lowest BCUT2D eigenvalue weighted by Gasteiger charge is -2.63. The number of aliphatic hydroxyl groups is 1.